The molecule has 150 valence electrons. The summed E-state index contributed by atoms with van der Waals surface area (Å²) in [5.41, 5.74) is 5.30. The fourth-order valence-corrected chi connectivity index (χ4v) is 4.26. The maximum absolute atomic E-state index is 14.4. The lowest BCUT2D eigenvalue weighted by atomic mass is 9.91. The van der Waals surface area contributed by atoms with Gasteiger partial charge in [0.25, 0.3) is 5.91 Å². The molecule has 2 aliphatic rings. The molecule has 4 rings (SSSR count). The van der Waals surface area contributed by atoms with E-state index in [9.17, 15) is 14.3 Å². The predicted molar refractivity (Wildman–Crippen MR) is 105 cm³/mol. The summed E-state index contributed by atoms with van der Waals surface area (Å²) in [6, 6.07) is 7.91. The molecule has 0 unspecified atom stereocenters. The second-order valence-corrected chi connectivity index (χ2v) is 7.84. The molecule has 0 spiro atoms. The van der Waals surface area contributed by atoms with Crippen LogP contribution in [0.15, 0.2) is 24.3 Å². The lowest BCUT2D eigenvalue weighted by Crippen LogP contribution is -2.49. The summed E-state index contributed by atoms with van der Waals surface area (Å²) in [7, 11) is 0. The molecule has 2 aromatic carbocycles. The quantitative estimate of drug-likeness (QED) is 0.869. The first-order valence-corrected chi connectivity index (χ1v) is 9.78. The Labute approximate surface area is 169 Å². The van der Waals surface area contributed by atoms with E-state index in [2.05, 4.69) is 0 Å². The van der Waals surface area contributed by atoms with Gasteiger partial charge in [-0.1, -0.05) is 6.07 Å². The Balaban J connectivity index is 1.67. The molecule has 2 aliphatic heterocycles. The van der Waals surface area contributed by atoms with Crippen molar-refractivity contribution in [1.29, 1.82) is 5.26 Å². The number of fused-ring (bicyclic) bond motifs is 1. The highest BCUT2D eigenvalue weighted by molar-refractivity contribution is 5.99. The number of nitriles is 1. The summed E-state index contributed by atoms with van der Waals surface area (Å²) in [5, 5.41) is 19.3. The van der Waals surface area contributed by atoms with Gasteiger partial charge in [0.15, 0.2) is 0 Å². The number of aliphatic hydroxyl groups is 1. The van der Waals surface area contributed by atoms with Crippen LogP contribution in [0.5, 0.6) is 0 Å². The molecular weight excluding hydrogens is 371 g/mol. The smallest absolute Gasteiger partial charge is 0.254 e. The zero-order chi connectivity index (χ0) is 20.7. The van der Waals surface area contributed by atoms with Crippen LogP contribution in [0.4, 0.5) is 4.39 Å². The molecule has 2 aromatic rings. The molecule has 0 radical (unpaired) electrons. The maximum atomic E-state index is 14.4. The molecule has 0 bridgehead atoms. The van der Waals surface area contributed by atoms with Crippen LogP contribution >= 0.6 is 0 Å². The van der Waals surface area contributed by atoms with Gasteiger partial charge in [-0.3, -0.25) is 4.79 Å². The van der Waals surface area contributed by atoms with Crippen molar-refractivity contribution in [2.45, 2.75) is 45.4 Å². The number of halogens is 1. The fourth-order valence-electron chi connectivity index (χ4n) is 4.26. The van der Waals surface area contributed by atoms with Gasteiger partial charge in [0.2, 0.25) is 0 Å². The van der Waals surface area contributed by atoms with Crippen LogP contribution in [-0.2, 0) is 17.7 Å². The number of benzene rings is 2. The molecule has 0 aliphatic carbocycles. The Bertz CT molecular complexity index is 1030. The van der Waals surface area contributed by atoms with Crippen molar-refractivity contribution in [3.8, 4) is 6.07 Å². The van der Waals surface area contributed by atoms with E-state index in [1.165, 1.54) is 6.07 Å². The minimum Gasteiger partial charge on any atom is -0.391 e. The number of carbonyl (C=O) groups is 1. The van der Waals surface area contributed by atoms with E-state index in [1.54, 1.807) is 17.0 Å². The first-order chi connectivity index (χ1) is 13.9. The number of carbonyl (C=O) groups excluding carboxylic acids is 1. The fraction of sp³-hybridized carbons (Fsp3) is 0.391. The normalized spacial score (nSPS) is 21.2. The number of nitrogens with zero attached hydrogens (tertiary/aromatic N) is 2. The van der Waals surface area contributed by atoms with Crippen molar-refractivity contribution in [2.24, 2.45) is 0 Å². The summed E-state index contributed by atoms with van der Waals surface area (Å²) in [6.45, 7) is 5.26. The third kappa shape index (κ3) is 3.41. The largest absolute Gasteiger partial charge is 0.391 e. The number of rotatable bonds is 3. The molecule has 1 amide bonds. The van der Waals surface area contributed by atoms with Crippen LogP contribution in [0.2, 0.25) is 0 Å². The SMILES string of the molecule is Cc1c(Cc2ccc(C#N)cc2F)cc2c(c1C)CN([C@@H]1COCC[C@H]1O)C2=O. The van der Waals surface area contributed by atoms with E-state index in [0.717, 1.165) is 22.3 Å². The van der Waals surface area contributed by atoms with Crippen LogP contribution < -0.4 is 0 Å². The average molecular weight is 394 g/mol. The molecule has 29 heavy (non-hydrogen) atoms. The Morgan fingerprint density at radius 2 is 2.07 bits per heavy atom. The van der Waals surface area contributed by atoms with E-state index in [0.29, 0.717) is 43.7 Å². The average Bonchev–Trinajstić information content (AvgIpc) is 3.04. The molecule has 2 heterocycles. The number of hydrogen-bond acceptors (Lipinski definition) is 4. The van der Waals surface area contributed by atoms with Crippen molar-refractivity contribution in [3.63, 3.8) is 0 Å². The highest BCUT2D eigenvalue weighted by Gasteiger charge is 2.39. The number of amides is 1. The summed E-state index contributed by atoms with van der Waals surface area (Å²) in [6.07, 6.45) is 0.280. The van der Waals surface area contributed by atoms with Crippen LogP contribution in [0.3, 0.4) is 0 Å². The van der Waals surface area contributed by atoms with E-state index in [-0.39, 0.29) is 17.5 Å². The summed E-state index contributed by atoms with van der Waals surface area (Å²) in [5.74, 6) is -0.531. The Kier molecular flexibility index (Phi) is 5.12. The molecule has 1 saturated heterocycles. The minimum atomic E-state index is -0.587. The Morgan fingerprint density at radius 3 is 2.76 bits per heavy atom. The van der Waals surface area contributed by atoms with Crippen molar-refractivity contribution in [2.75, 3.05) is 13.2 Å². The standard InChI is InChI=1S/C23H23FN2O3/c1-13-14(2)19-11-26(21-12-29-6-5-22(21)27)23(28)18(19)9-17(13)8-16-4-3-15(10-25)7-20(16)24/h3-4,7,9,21-22,27H,5-6,8,11-12H2,1-2H3/t21-,22-/m1/s1. The van der Waals surface area contributed by atoms with Gasteiger partial charge in [-0.15, -0.1) is 0 Å². The lowest BCUT2D eigenvalue weighted by molar-refractivity contribution is -0.0528. The van der Waals surface area contributed by atoms with E-state index in [1.807, 2.05) is 26.0 Å². The second kappa shape index (κ2) is 7.58. The lowest BCUT2D eigenvalue weighted by Gasteiger charge is -2.34. The molecule has 2 atom stereocenters. The van der Waals surface area contributed by atoms with Gasteiger partial charge < -0.3 is 14.7 Å². The van der Waals surface area contributed by atoms with Gasteiger partial charge in [0.1, 0.15) is 5.82 Å². The minimum absolute atomic E-state index is 0.112. The topological polar surface area (TPSA) is 73.6 Å². The highest BCUT2D eigenvalue weighted by atomic mass is 19.1. The molecule has 0 aromatic heterocycles. The summed E-state index contributed by atoms with van der Waals surface area (Å²) >= 11 is 0. The predicted octanol–water partition coefficient (Wildman–Crippen LogP) is 3.01. The third-order valence-corrected chi connectivity index (χ3v) is 6.21. The van der Waals surface area contributed by atoms with Crippen LogP contribution in [0.25, 0.3) is 0 Å². The summed E-state index contributed by atoms with van der Waals surface area (Å²) < 4.78 is 19.9. The van der Waals surface area contributed by atoms with Crippen molar-refractivity contribution in [1.82, 2.24) is 4.90 Å². The van der Waals surface area contributed by atoms with E-state index >= 15 is 0 Å². The highest BCUT2D eigenvalue weighted by Crippen LogP contribution is 2.34. The molecule has 5 nitrogen and oxygen atoms in total. The van der Waals surface area contributed by atoms with Gasteiger partial charge in [-0.25, -0.2) is 4.39 Å². The zero-order valence-corrected chi connectivity index (χ0v) is 16.5. The van der Waals surface area contributed by atoms with Crippen LogP contribution in [0, 0.1) is 31.0 Å². The molecule has 1 N–H and O–H groups in total. The first-order valence-electron chi connectivity index (χ1n) is 9.78. The number of ether oxygens (including phenoxy) is 1. The zero-order valence-electron chi connectivity index (χ0n) is 16.5. The first kappa shape index (κ1) is 19.6. The molecule has 6 heteroatoms. The molecule has 1 fully saturated rings. The summed E-state index contributed by atoms with van der Waals surface area (Å²) in [4.78, 5) is 14.8. The van der Waals surface area contributed by atoms with Gasteiger partial charge in [-0.2, -0.15) is 5.26 Å². The van der Waals surface area contributed by atoms with E-state index in [4.69, 9.17) is 10.00 Å². The van der Waals surface area contributed by atoms with Crippen molar-refractivity contribution >= 4 is 5.91 Å². The maximum Gasteiger partial charge on any atom is 0.254 e. The van der Waals surface area contributed by atoms with Crippen LogP contribution in [-0.4, -0.2) is 41.3 Å². The monoisotopic (exact) mass is 394 g/mol. The molecule has 0 saturated carbocycles. The van der Waals surface area contributed by atoms with Crippen molar-refractivity contribution in [3.05, 3.63) is 69.0 Å². The number of aliphatic hydroxyl groups excluding tert-OH is 1. The second-order valence-electron chi connectivity index (χ2n) is 7.84. The van der Waals surface area contributed by atoms with Gasteiger partial charge >= 0.3 is 0 Å². The Hall–Kier alpha value is -2.75. The number of hydrogen-bond donors (Lipinski definition) is 1. The van der Waals surface area contributed by atoms with Gasteiger partial charge in [-0.05, 0) is 66.3 Å². The third-order valence-electron chi connectivity index (χ3n) is 6.21. The van der Waals surface area contributed by atoms with E-state index < -0.39 is 11.9 Å². The van der Waals surface area contributed by atoms with Gasteiger partial charge in [0, 0.05) is 25.1 Å². The van der Waals surface area contributed by atoms with Crippen molar-refractivity contribution < 1.29 is 19.0 Å². The van der Waals surface area contributed by atoms with Crippen LogP contribution in [0.1, 0.15) is 50.2 Å². The molecular formula is C23H23FN2O3. The Morgan fingerprint density at radius 1 is 1.28 bits per heavy atom. The van der Waals surface area contributed by atoms with Gasteiger partial charge in [0.05, 0.1) is 30.4 Å².